The van der Waals surface area contributed by atoms with E-state index in [0.717, 1.165) is 61.4 Å². The summed E-state index contributed by atoms with van der Waals surface area (Å²) in [5, 5.41) is 0. The maximum atomic E-state index is 14.5. The zero-order chi connectivity index (χ0) is 23.0. The molecule has 0 unspecified atom stereocenters. The van der Waals surface area contributed by atoms with Gasteiger partial charge in [-0.1, -0.05) is 74.6 Å². The lowest BCUT2D eigenvalue weighted by Gasteiger charge is -2.37. The number of rotatable bonds is 5. The largest absolute Gasteiger partial charge is 0.293 e. The Bertz CT molecular complexity index is 1220. The summed E-state index contributed by atoms with van der Waals surface area (Å²) in [6.45, 7) is 0. The van der Waals surface area contributed by atoms with Gasteiger partial charge in [0, 0.05) is 34.1 Å². The molecule has 6 rings (SSSR count). The van der Waals surface area contributed by atoms with E-state index in [4.69, 9.17) is 4.98 Å². The molecule has 3 aromatic rings. The van der Waals surface area contributed by atoms with E-state index >= 15 is 0 Å². The monoisotopic (exact) mass is 470 g/mol. The van der Waals surface area contributed by atoms with E-state index in [1.165, 1.54) is 48.1 Å². The fraction of sp³-hybridized carbons (Fsp3) is 0.467. The summed E-state index contributed by atoms with van der Waals surface area (Å²) in [6.07, 6.45) is 12.5. The summed E-state index contributed by atoms with van der Waals surface area (Å²) in [6, 6.07) is 19.6. The van der Waals surface area contributed by atoms with E-state index in [2.05, 4.69) is 59.2 Å². The Morgan fingerprint density at radius 3 is 2.44 bits per heavy atom. The number of hydrogen-bond acceptors (Lipinski definition) is 3. The Morgan fingerprint density at radius 2 is 1.65 bits per heavy atom. The Morgan fingerprint density at radius 1 is 0.912 bits per heavy atom. The second kappa shape index (κ2) is 9.37. The molecule has 0 aliphatic heterocycles. The predicted octanol–water partition coefficient (Wildman–Crippen LogP) is 7.12. The van der Waals surface area contributed by atoms with Crippen molar-refractivity contribution < 1.29 is 0 Å². The minimum atomic E-state index is -0.0124. The topological polar surface area (TPSA) is 34.9 Å². The van der Waals surface area contributed by atoms with Gasteiger partial charge in [-0.2, -0.15) is 0 Å². The Kier molecular flexibility index (Phi) is 6.11. The zero-order valence-corrected chi connectivity index (χ0v) is 20.8. The van der Waals surface area contributed by atoms with Crippen LogP contribution in [-0.2, 0) is 18.3 Å². The summed E-state index contributed by atoms with van der Waals surface area (Å²) in [7, 11) is 0. The summed E-state index contributed by atoms with van der Waals surface area (Å²) in [4.78, 5) is 21.1. The second-order valence-electron chi connectivity index (χ2n) is 10.5. The predicted molar refractivity (Wildman–Crippen MR) is 141 cm³/mol. The van der Waals surface area contributed by atoms with Crippen LogP contribution in [0.25, 0.3) is 11.3 Å². The van der Waals surface area contributed by atoms with Gasteiger partial charge in [0.1, 0.15) is 5.82 Å². The van der Waals surface area contributed by atoms with Gasteiger partial charge in [0.05, 0.1) is 11.3 Å². The van der Waals surface area contributed by atoms with Gasteiger partial charge in [0.25, 0.3) is 5.56 Å². The quantitative estimate of drug-likeness (QED) is 0.372. The lowest BCUT2D eigenvalue weighted by Crippen LogP contribution is -2.42. The molecule has 1 heterocycles. The van der Waals surface area contributed by atoms with Crippen LogP contribution in [0.2, 0.25) is 0 Å². The third-order valence-corrected chi connectivity index (χ3v) is 9.37. The summed E-state index contributed by atoms with van der Waals surface area (Å²) >= 11 is 1.86. The number of thioether (sulfide) groups is 1. The van der Waals surface area contributed by atoms with Crippen LogP contribution < -0.4 is 5.56 Å². The van der Waals surface area contributed by atoms with Gasteiger partial charge in [0.2, 0.25) is 0 Å². The number of hydrogen-bond donors (Lipinski definition) is 0. The molecule has 0 amide bonds. The van der Waals surface area contributed by atoms with Crippen molar-refractivity contribution in [2.24, 2.45) is 0 Å². The molecule has 0 saturated heterocycles. The first-order chi connectivity index (χ1) is 16.8. The number of aromatic nitrogens is 2. The van der Waals surface area contributed by atoms with E-state index in [-0.39, 0.29) is 11.0 Å². The van der Waals surface area contributed by atoms with Gasteiger partial charge < -0.3 is 0 Å². The molecule has 2 aromatic carbocycles. The van der Waals surface area contributed by atoms with E-state index in [0.29, 0.717) is 6.04 Å². The van der Waals surface area contributed by atoms with Crippen LogP contribution in [0.4, 0.5) is 0 Å². The molecule has 176 valence electrons. The van der Waals surface area contributed by atoms with Crippen molar-refractivity contribution >= 4 is 11.8 Å². The van der Waals surface area contributed by atoms with Gasteiger partial charge in [-0.05, 0) is 49.8 Å². The van der Waals surface area contributed by atoms with E-state index < -0.39 is 0 Å². The SMILES string of the molecule is O=c1c2c(nc(CCSc3ccccc3)n1C1CCCCC1)-c1ccccc1CC21CCCC1. The maximum absolute atomic E-state index is 14.5. The van der Waals surface area contributed by atoms with E-state index in [1.807, 2.05) is 11.8 Å². The fourth-order valence-corrected chi connectivity index (χ4v) is 7.63. The summed E-state index contributed by atoms with van der Waals surface area (Å²) in [5.41, 5.74) is 4.90. The first kappa shape index (κ1) is 22.2. The maximum Gasteiger partial charge on any atom is 0.258 e. The van der Waals surface area contributed by atoms with Crippen molar-refractivity contribution in [3.05, 3.63) is 81.9 Å². The molecule has 3 aliphatic rings. The molecule has 0 atom stereocenters. The zero-order valence-electron chi connectivity index (χ0n) is 20.0. The van der Waals surface area contributed by atoms with Crippen LogP contribution in [0.1, 0.15) is 80.8 Å². The Hall–Kier alpha value is -2.33. The molecular formula is C30H34N2OS. The highest BCUT2D eigenvalue weighted by Crippen LogP contribution is 2.50. The molecule has 34 heavy (non-hydrogen) atoms. The standard InChI is InChI=1S/C30H34N2OS/c33-29-27-28(25-16-8-7-11-22(25)21-30(27)18-9-10-19-30)31-26(32(29)23-12-3-1-4-13-23)17-20-34-24-14-5-2-6-15-24/h2,5-8,11,14-16,23H,1,3-4,9-10,12-13,17-21H2. The molecule has 1 spiro atoms. The molecular weight excluding hydrogens is 436 g/mol. The number of aryl methyl sites for hydroxylation is 1. The van der Waals surface area contributed by atoms with Crippen molar-refractivity contribution in [1.82, 2.24) is 9.55 Å². The third-order valence-electron chi connectivity index (χ3n) is 8.36. The summed E-state index contributed by atoms with van der Waals surface area (Å²) < 4.78 is 2.18. The normalized spacial score (nSPS) is 19.2. The molecule has 2 saturated carbocycles. The van der Waals surface area contributed by atoms with Crippen LogP contribution in [0.3, 0.4) is 0 Å². The molecule has 3 aliphatic carbocycles. The van der Waals surface area contributed by atoms with Gasteiger partial charge in [-0.25, -0.2) is 4.98 Å². The highest BCUT2D eigenvalue weighted by Gasteiger charge is 2.44. The highest BCUT2D eigenvalue weighted by molar-refractivity contribution is 7.99. The van der Waals surface area contributed by atoms with Crippen LogP contribution in [0.15, 0.2) is 64.3 Å². The Labute approximate surface area is 207 Å². The number of fused-ring (bicyclic) bond motifs is 4. The number of nitrogens with zero attached hydrogens (tertiary/aromatic N) is 2. The van der Waals surface area contributed by atoms with Gasteiger partial charge in [-0.3, -0.25) is 9.36 Å². The van der Waals surface area contributed by atoms with Crippen molar-refractivity contribution in [1.29, 1.82) is 0 Å². The van der Waals surface area contributed by atoms with Gasteiger partial charge in [0.15, 0.2) is 0 Å². The van der Waals surface area contributed by atoms with Gasteiger partial charge >= 0.3 is 0 Å². The molecule has 4 heteroatoms. The van der Waals surface area contributed by atoms with E-state index in [9.17, 15) is 4.79 Å². The summed E-state index contributed by atoms with van der Waals surface area (Å²) in [5.74, 6) is 1.94. The molecule has 3 nitrogen and oxygen atoms in total. The van der Waals surface area contributed by atoms with Crippen LogP contribution in [-0.4, -0.2) is 15.3 Å². The van der Waals surface area contributed by atoms with Crippen molar-refractivity contribution in [2.75, 3.05) is 5.75 Å². The second-order valence-corrected chi connectivity index (χ2v) is 11.6. The average molecular weight is 471 g/mol. The van der Waals surface area contributed by atoms with Crippen LogP contribution >= 0.6 is 11.8 Å². The lowest BCUT2D eigenvalue weighted by molar-refractivity contribution is 0.327. The van der Waals surface area contributed by atoms with Crippen LogP contribution in [0.5, 0.6) is 0 Å². The van der Waals surface area contributed by atoms with Crippen molar-refractivity contribution in [2.45, 2.75) is 87.0 Å². The van der Waals surface area contributed by atoms with E-state index in [1.54, 1.807) is 0 Å². The molecule has 0 bridgehead atoms. The molecule has 0 radical (unpaired) electrons. The van der Waals surface area contributed by atoms with Crippen molar-refractivity contribution in [3.8, 4) is 11.3 Å². The van der Waals surface area contributed by atoms with Crippen LogP contribution in [0, 0.1) is 0 Å². The average Bonchev–Trinajstić information content (AvgIpc) is 3.33. The first-order valence-corrected chi connectivity index (χ1v) is 14.2. The first-order valence-electron chi connectivity index (χ1n) is 13.2. The van der Waals surface area contributed by atoms with Gasteiger partial charge in [-0.15, -0.1) is 11.8 Å². The third kappa shape index (κ3) is 3.94. The smallest absolute Gasteiger partial charge is 0.258 e. The van der Waals surface area contributed by atoms with Crippen molar-refractivity contribution in [3.63, 3.8) is 0 Å². The molecule has 1 aromatic heterocycles. The molecule has 0 N–H and O–H groups in total. The minimum absolute atomic E-state index is 0.0124. The molecule has 2 fully saturated rings. The number of benzene rings is 2. The lowest BCUT2D eigenvalue weighted by atomic mass is 9.68. The minimum Gasteiger partial charge on any atom is -0.293 e. The highest BCUT2D eigenvalue weighted by atomic mass is 32.2. The fourth-order valence-electron chi connectivity index (χ4n) is 6.76. The Balaban J connectivity index is 1.47.